The van der Waals surface area contributed by atoms with Gasteiger partial charge in [0.15, 0.2) is 12.4 Å². The van der Waals surface area contributed by atoms with Crippen molar-refractivity contribution >= 4 is 23.3 Å². The number of hydrogen-bond acceptors (Lipinski definition) is 5. The summed E-state index contributed by atoms with van der Waals surface area (Å²) in [4.78, 5) is 28.5. The Balaban J connectivity index is 1.50. The van der Waals surface area contributed by atoms with E-state index in [0.717, 1.165) is 11.5 Å². The number of nitrogens with one attached hydrogen (secondary N) is 1. The van der Waals surface area contributed by atoms with Crippen molar-refractivity contribution in [3.63, 3.8) is 0 Å². The molecular weight excluding hydrogens is 380 g/mol. The fraction of sp³-hybridized carbons (Fsp3) is 0.190. The largest absolute Gasteiger partial charge is 0.484 e. The summed E-state index contributed by atoms with van der Waals surface area (Å²) in [7, 11) is 0. The quantitative estimate of drug-likeness (QED) is 0.611. The molecule has 2 aromatic carbocycles. The fourth-order valence-corrected chi connectivity index (χ4v) is 2.59. The second-order valence-corrected chi connectivity index (χ2v) is 6.61. The van der Waals surface area contributed by atoms with Crippen LogP contribution in [0.3, 0.4) is 0 Å². The SMILES string of the molecule is Cc1nc(CNC(=O)COc2ccc(C(=O)c3ccc(Cl)cc3)cc2)oc1C. The highest BCUT2D eigenvalue weighted by molar-refractivity contribution is 6.30. The van der Waals surface area contributed by atoms with Crippen molar-refractivity contribution < 1.29 is 18.7 Å². The molecule has 144 valence electrons. The van der Waals surface area contributed by atoms with E-state index in [1.807, 2.05) is 13.8 Å². The van der Waals surface area contributed by atoms with Crippen molar-refractivity contribution in [1.29, 1.82) is 0 Å². The van der Waals surface area contributed by atoms with Gasteiger partial charge in [-0.1, -0.05) is 11.6 Å². The average Bonchev–Trinajstić information content (AvgIpc) is 3.03. The number of hydrogen-bond donors (Lipinski definition) is 1. The van der Waals surface area contributed by atoms with Gasteiger partial charge in [0, 0.05) is 16.1 Å². The monoisotopic (exact) mass is 398 g/mol. The number of oxazole rings is 1. The first-order chi connectivity index (χ1) is 13.4. The molecule has 0 bridgehead atoms. The molecule has 0 unspecified atom stereocenters. The number of aromatic nitrogens is 1. The molecular formula is C21H19ClN2O4. The van der Waals surface area contributed by atoms with Crippen LogP contribution in [0.2, 0.25) is 5.02 Å². The molecule has 1 aromatic heterocycles. The van der Waals surface area contributed by atoms with Gasteiger partial charge in [-0.05, 0) is 62.4 Å². The van der Waals surface area contributed by atoms with Crippen molar-refractivity contribution in [1.82, 2.24) is 10.3 Å². The first-order valence-electron chi connectivity index (χ1n) is 8.65. The zero-order valence-corrected chi connectivity index (χ0v) is 16.2. The second-order valence-electron chi connectivity index (χ2n) is 6.17. The predicted octanol–water partition coefficient (Wildman–Crippen LogP) is 3.87. The van der Waals surface area contributed by atoms with Gasteiger partial charge >= 0.3 is 0 Å². The number of nitrogens with zero attached hydrogens (tertiary/aromatic N) is 1. The Labute approximate surface area is 167 Å². The minimum absolute atomic E-state index is 0.113. The zero-order valence-electron chi connectivity index (χ0n) is 15.5. The number of aryl methyl sites for hydroxylation is 2. The molecule has 0 saturated carbocycles. The highest BCUT2D eigenvalue weighted by Crippen LogP contribution is 2.17. The molecule has 1 N–H and O–H groups in total. The van der Waals surface area contributed by atoms with E-state index < -0.39 is 0 Å². The van der Waals surface area contributed by atoms with Gasteiger partial charge in [-0.15, -0.1) is 0 Å². The van der Waals surface area contributed by atoms with E-state index in [1.165, 1.54) is 0 Å². The summed E-state index contributed by atoms with van der Waals surface area (Å²) in [5, 5.41) is 3.26. The van der Waals surface area contributed by atoms with Crippen LogP contribution in [0.1, 0.15) is 33.3 Å². The van der Waals surface area contributed by atoms with E-state index in [0.29, 0.717) is 27.8 Å². The summed E-state index contributed by atoms with van der Waals surface area (Å²) in [6.45, 7) is 3.71. The van der Waals surface area contributed by atoms with Crippen LogP contribution >= 0.6 is 11.6 Å². The molecule has 28 heavy (non-hydrogen) atoms. The first kappa shape index (κ1) is 19.6. The Morgan fingerprint density at radius 2 is 1.64 bits per heavy atom. The lowest BCUT2D eigenvalue weighted by Gasteiger charge is -2.07. The number of amides is 1. The standard InChI is InChI=1S/C21H19ClN2O4/c1-13-14(2)28-20(24-13)11-23-19(25)12-27-18-9-5-16(6-10-18)21(26)15-3-7-17(22)8-4-15/h3-10H,11-12H2,1-2H3,(H,23,25). The van der Waals surface area contributed by atoms with Gasteiger partial charge in [-0.2, -0.15) is 0 Å². The molecule has 7 heteroatoms. The third-order valence-corrected chi connectivity index (χ3v) is 4.35. The van der Waals surface area contributed by atoms with Gasteiger partial charge in [0.25, 0.3) is 5.91 Å². The summed E-state index contributed by atoms with van der Waals surface area (Å²) in [6, 6.07) is 13.3. The molecule has 1 heterocycles. The summed E-state index contributed by atoms with van der Waals surface area (Å²) in [6.07, 6.45) is 0. The Morgan fingerprint density at radius 3 is 2.21 bits per heavy atom. The summed E-state index contributed by atoms with van der Waals surface area (Å²) in [5.41, 5.74) is 1.87. The molecule has 0 aliphatic carbocycles. The Kier molecular flexibility index (Phi) is 6.11. The van der Waals surface area contributed by atoms with Gasteiger partial charge in [0.1, 0.15) is 11.5 Å². The third-order valence-electron chi connectivity index (χ3n) is 4.10. The topological polar surface area (TPSA) is 81.4 Å². The number of carbonyl (C=O) groups is 2. The molecule has 0 spiro atoms. The van der Waals surface area contributed by atoms with E-state index in [-0.39, 0.29) is 24.8 Å². The van der Waals surface area contributed by atoms with Crippen LogP contribution in [0.5, 0.6) is 5.75 Å². The maximum atomic E-state index is 12.4. The van der Waals surface area contributed by atoms with Crippen molar-refractivity contribution in [3.8, 4) is 5.75 Å². The van der Waals surface area contributed by atoms with Gasteiger partial charge < -0.3 is 14.5 Å². The fourth-order valence-electron chi connectivity index (χ4n) is 2.46. The van der Waals surface area contributed by atoms with E-state index in [2.05, 4.69) is 10.3 Å². The number of halogens is 1. The summed E-state index contributed by atoms with van der Waals surface area (Å²) >= 11 is 5.84. The Hall–Kier alpha value is -3.12. The molecule has 1 amide bonds. The lowest BCUT2D eigenvalue weighted by Crippen LogP contribution is -2.28. The van der Waals surface area contributed by atoms with Gasteiger partial charge in [0.05, 0.1) is 12.2 Å². The van der Waals surface area contributed by atoms with Gasteiger partial charge in [-0.25, -0.2) is 4.98 Å². The molecule has 3 rings (SSSR count). The van der Waals surface area contributed by atoms with Crippen molar-refractivity contribution in [2.24, 2.45) is 0 Å². The van der Waals surface area contributed by atoms with Crippen LogP contribution in [0.25, 0.3) is 0 Å². The third kappa shape index (κ3) is 4.98. The molecule has 0 aliphatic rings. The van der Waals surface area contributed by atoms with Crippen LogP contribution < -0.4 is 10.1 Å². The highest BCUT2D eigenvalue weighted by Gasteiger charge is 2.10. The smallest absolute Gasteiger partial charge is 0.258 e. The van der Waals surface area contributed by atoms with Crippen LogP contribution in [0.15, 0.2) is 52.9 Å². The molecule has 0 radical (unpaired) electrons. The Bertz CT molecular complexity index is 959. The first-order valence-corrected chi connectivity index (χ1v) is 9.03. The van der Waals surface area contributed by atoms with Crippen molar-refractivity contribution in [2.45, 2.75) is 20.4 Å². The van der Waals surface area contributed by atoms with Crippen LogP contribution in [-0.4, -0.2) is 23.3 Å². The van der Waals surface area contributed by atoms with Crippen molar-refractivity contribution in [2.75, 3.05) is 6.61 Å². The number of benzene rings is 2. The molecule has 0 aliphatic heterocycles. The number of rotatable bonds is 7. The van der Waals surface area contributed by atoms with Crippen LogP contribution in [0, 0.1) is 13.8 Å². The maximum Gasteiger partial charge on any atom is 0.258 e. The normalized spacial score (nSPS) is 10.5. The molecule has 6 nitrogen and oxygen atoms in total. The second kappa shape index (κ2) is 8.71. The number of ether oxygens (including phenoxy) is 1. The van der Waals surface area contributed by atoms with E-state index in [4.69, 9.17) is 20.8 Å². The maximum absolute atomic E-state index is 12.4. The average molecular weight is 399 g/mol. The van der Waals surface area contributed by atoms with E-state index in [1.54, 1.807) is 48.5 Å². The van der Waals surface area contributed by atoms with E-state index in [9.17, 15) is 9.59 Å². The predicted molar refractivity (Wildman–Crippen MR) is 105 cm³/mol. The Morgan fingerprint density at radius 1 is 1.04 bits per heavy atom. The summed E-state index contributed by atoms with van der Waals surface area (Å²) < 4.78 is 10.8. The number of ketones is 1. The summed E-state index contributed by atoms with van der Waals surface area (Å²) in [5.74, 6) is 1.26. The van der Waals surface area contributed by atoms with E-state index >= 15 is 0 Å². The minimum Gasteiger partial charge on any atom is -0.484 e. The molecule has 0 saturated heterocycles. The lowest BCUT2D eigenvalue weighted by atomic mass is 10.0. The zero-order chi connectivity index (χ0) is 20.1. The molecule has 0 atom stereocenters. The molecule has 3 aromatic rings. The van der Waals surface area contributed by atoms with Crippen LogP contribution in [0.4, 0.5) is 0 Å². The van der Waals surface area contributed by atoms with Crippen LogP contribution in [-0.2, 0) is 11.3 Å². The number of carbonyl (C=O) groups excluding carboxylic acids is 2. The minimum atomic E-state index is -0.296. The van der Waals surface area contributed by atoms with Gasteiger partial charge in [0.2, 0.25) is 5.89 Å². The lowest BCUT2D eigenvalue weighted by molar-refractivity contribution is -0.123. The molecule has 0 fully saturated rings. The van der Waals surface area contributed by atoms with Crippen molar-refractivity contribution in [3.05, 3.63) is 82.0 Å². The highest BCUT2D eigenvalue weighted by atomic mass is 35.5. The van der Waals surface area contributed by atoms with Gasteiger partial charge in [-0.3, -0.25) is 9.59 Å².